The molecule has 1 aliphatic heterocycles. The van der Waals surface area contributed by atoms with E-state index < -0.39 is 6.43 Å². The van der Waals surface area contributed by atoms with E-state index in [1.807, 2.05) is 13.0 Å². The number of alkyl halides is 2. The van der Waals surface area contributed by atoms with Gasteiger partial charge in [0.1, 0.15) is 23.8 Å². The maximum Gasteiger partial charge on any atom is 0.280 e. The van der Waals surface area contributed by atoms with Crippen LogP contribution in [0.3, 0.4) is 0 Å². The normalized spacial score (nSPS) is 18.9. The monoisotopic (exact) mass is 426 g/mol. The molecule has 2 aromatic heterocycles. The van der Waals surface area contributed by atoms with E-state index >= 15 is 0 Å². The third kappa shape index (κ3) is 3.79. The fraction of sp³-hybridized carbons (Fsp3) is 0.381. The lowest BCUT2D eigenvalue weighted by Gasteiger charge is -2.37. The van der Waals surface area contributed by atoms with Gasteiger partial charge >= 0.3 is 0 Å². The highest BCUT2D eigenvalue weighted by molar-refractivity contribution is 5.95. The van der Waals surface area contributed by atoms with Crippen LogP contribution in [0.2, 0.25) is 0 Å². The number of halogens is 2. The number of aromatic nitrogens is 4. The van der Waals surface area contributed by atoms with Crippen molar-refractivity contribution >= 4 is 11.7 Å². The van der Waals surface area contributed by atoms with Gasteiger partial charge < -0.3 is 9.64 Å². The topological polar surface area (TPSA) is 96.4 Å². The van der Waals surface area contributed by atoms with E-state index in [1.54, 1.807) is 17.0 Å². The molecule has 0 bridgehead atoms. The van der Waals surface area contributed by atoms with Gasteiger partial charge in [0.25, 0.3) is 18.1 Å². The van der Waals surface area contributed by atoms with Crippen LogP contribution >= 0.6 is 0 Å². The number of piperidine rings is 1. The summed E-state index contributed by atoms with van der Waals surface area (Å²) in [6.45, 7) is 2.88. The summed E-state index contributed by atoms with van der Waals surface area (Å²) in [6.07, 6.45) is -0.765. The first kappa shape index (κ1) is 20.7. The van der Waals surface area contributed by atoms with Crippen LogP contribution in [0.15, 0.2) is 30.6 Å². The minimum Gasteiger partial charge on any atom is -0.495 e. The van der Waals surface area contributed by atoms with E-state index in [2.05, 4.69) is 15.1 Å². The minimum atomic E-state index is -2.74. The van der Waals surface area contributed by atoms with Crippen LogP contribution < -0.4 is 4.74 Å². The lowest BCUT2D eigenvalue weighted by atomic mass is 9.84. The number of rotatable bonds is 4. The van der Waals surface area contributed by atoms with Crippen molar-refractivity contribution in [1.29, 1.82) is 5.26 Å². The fourth-order valence-electron chi connectivity index (χ4n) is 3.98. The van der Waals surface area contributed by atoms with Crippen LogP contribution in [-0.4, -0.2) is 50.6 Å². The number of carbonyl (C=O) groups excluding carboxylic acids is 1. The molecular formula is C21H20F2N6O2. The zero-order chi connectivity index (χ0) is 22.1. The van der Waals surface area contributed by atoms with Gasteiger partial charge in [-0.3, -0.25) is 4.79 Å². The van der Waals surface area contributed by atoms with E-state index in [0.717, 1.165) is 0 Å². The van der Waals surface area contributed by atoms with Crippen LogP contribution in [0.5, 0.6) is 5.75 Å². The van der Waals surface area contributed by atoms with Crippen molar-refractivity contribution in [2.45, 2.75) is 25.7 Å². The van der Waals surface area contributed by atoms with Crippen LogP contribution in [0.25, 0.3) is 5.78 Å². The number of fused-ring (bicyclic) bond motifs is 1. The summed E-state index contributed by atoms with van der Waals surface area (Å²) in [5, 5.41) is 13.4. The van der Waals surface area contributed by atoms with E-state index in [9.17, 15) is 18.8 Å². The summed E-state index contributed by atoms with van der Waals surface area (Å²) in [7, 11) is 1.46. The summed E-state index contributed by atoms with van der Waals surface area (Å²) in [5.41, 5.74) is 0.838. The molecular weight excluding hydrogens is 406 g/mol. The summed E-state index contributed by atoms with van der Waals surface area (Å²) in [4.78, 5) is 22.7. The molecule has 31 heavy (non-hydrogen) atoms. The molecule has 2 atom stereocenters. The average molecular weight is 426 g/mol. The molecule has 0 spiro atoms. The number of benzene rings is 1. The number of nitriles is 1. The second kappa shape index (κ2) is 8.26. The van der Waals surface area contributed by atoms with Crippen molar-refractivity contribution in [1.82, 2.24) is 24.5 Å². The highest BCUT2D eigenvalue weighted by atomic mass is 19.3. The molecule has 0 aliphatic carbocycles. The number of likely N-dealkylation sites (tertiary alicyclic amines) is 1. The molecule has 0 radical (unpaired) electrons. The predicted octanol–water partition coefficient (Wildman–Crippen LogP) is 3.21. The first-order valence-electron chi connectivity index (χ1n) is 9.79. The summed E-state index contributed by atoms with van der Waals surface area (Å²) < 4.78 is 33.4. The Morgan fingerprint density at radius 2 is 2.16 bits per heavy atom. The van der Waals surface area contributed by atoms with Gasteiger partial charge in [-0.25, -0.2) is 18.3 Å². The highest BCUT2D eigenvalue weighted by Gasteiger charge is 2.33. The van der Waals surface area contributed by atoms with Crippen molar-refractivity contribution < 1.29 is 18.3 Å². The molecule has 1 aromatic carbocycles. The highest BCUT2D eigenvalue weighted by Crippen LogP contribution is 2.34. The van der Waals surface area contributed by atoms with E-state index in [0.29, 0.717) is 36.5 Å². The second-order valence-electron chi connectivity index (χ2n) is 7.53. The molecule has 0 N–H and O–H groups in total. The third-order valence-electron chi connectivity index (χ3n) is 5.72. The molecule has 1 fully saturated rings. The Balaban J connectivity index is 1.67. The smallest absolute Gasteiger partial charge is 0.280 e. The van der Waals surface area contributed by atoms with Gasteiger partial charge in [-0.1, -0.05) is 6.92 Å². The van der Waals surface area contributed by atoms with Crippen LogP contribution in [-0.2, 0) is 0 Å². The van der Waals surface area contributed by atoms with Crippen LogP contribution in [0, 0.1) is 17.2 Å². The molecule has 1 saturated heterocycles. The second-order valence-corrected chi connectivity index (χ2v) is 7.53. The number of ether oxygens (including phenoxy) is 1. The first-order valence-corrected chi connectivity index (χ1v) is 9.79. The van der Waals surface area contributed by atoms with Gasteiger partial charge in [0, 0.05) is 24.6 Å². The lowest BCUT2D eigenvalue weighted by molar-refractivity contribution is 0.0665. The third-order valence-corrected chi connectivity index (χ3v) is 5.72. The molecule has 1 amide bonds. The van der Waals surface area contributed by atoms with Gasteiger partial charge in [-0.15, -0.1) is 0 Å². The quantitative estimate of drug-likeness (QED) is 0.636. The van der Waals surface area contributed by atoms with Gasteiger partial charge in [-0.05, 0) is 36.6 Å². The fourth-order valence-corrected chi connectivity index (χ4v) is 3.98. The maximum absolute atomic E-state index is 13.4. The molecule has 10 heteroatoms. The van der Waals surface area contributed by atoms with Crippen molar-refractivity contribution in [3.63, 3.8) is 0 Å². The van der Waals surface area contributed by atoms with Crippen molar-refractivity contribution in [2.24, 2.45) is 5.92 Å². The van der Waals surface area contributed by atoms with Gasteiger partial charge in [0.05, 0.1) is 18.4 Å². The molecule has 8 nitrogen and oxygen atoms in total. The molecule has 160 valence electrons. The van der Waals surface area contributed by atoms with Crippen LogP contribution in [0.4, 0.5) is 8.78 Å². The Morgan fingerprint density at radius 1 is 1.35 bits per heavy atom. The summed E-state index contributed by atoms with van der Waals surface area (Å²) in [6, 6.07) is 8.09. The summed E-state index contributed by atoms with van der Waals surface area (Å²) >= 11 is 0. The molecule has 3 heterocycles. The van der Waals surface area contributed by atoms with Crippen LogP contribution in [0.1, 0.15) is 53.0 Å². The number of hydrogen-bond acceptors (Lipinski definition) is 6. The molecule has 0 saturated carbocycles. The number of carbonyl (C=O) groups is 1. The lowest BCUT2D eigenvalue weighted by Crippen LogP contribution is -2.42. The largest absolute Gasteiger partial charge is 0.495 e. The van der Waals surface area contributed by atoms with Gasteiger partial charge in [0.15, 0.2) is 0 Å². The summed E-state index contributed by atoms with van der Waals surface area (Å²) in [5.74, 6) is 0.186. The zero-order valence-corrected chi connectivity index (χ0v) is 17.0. The number of nitrogens with zero attached hydrogens (tertiary/aromatic N) is 6. The first-order chi connectivity index (χ1) is 14.9. The minimum absolute atomic E-state index is 0.109. The van der Waals surface area contributed by atoms with Gasteiger partial charge in [-0.2, -0.15) is 15.3 Å². The standard InChI is InChI=1S/C21H20F2N6O2/c1-12-5-6-28(20(30)13-3-4-18(31-2)14(7-13)9-24)10-15(12)17-8-16(19(22)23)27-21-25-11-26-29(17)21/h3-4,7-8,11-12,15,19H,5-6,10H2,1-2H3/t12-,15-/m1/s1. The predicted molar refractivity (Wildman–Crippen MR) is 106 cm³/mol. The Morgan fingerprint density at radius 3 is 2.87 bits per heavy atom. The Kier molecular flexibility index (Phi) is 5.50. The van der Waals surface area contributed by atoms with E-state index in [-0.39, 0.29) is 34.8 Å². The van der Waals surface area contributed by atoms with Gasteiger partial charge in [0.2, 0.25) is 0 Å². The molecule has 4 rings (SSSR count). The number of amides is 1. The Bertz CT molecular complexity index is 1170. The molecule has 0 unspecified atom stereocenters. The molecule has 1 aliphatic rings. The maximum atomic E-state index is 13.4. The van der Waals surface area contributed by atoms with Crippen molar-refractivity contribution in [3.05, 3.63) is 53.1 Å². The Labute approximate surface area is 177 Å². The zero-order valence-electron chi connectivity index (χ0n) is 17.0. The van der Waals surface area contributed by atoms with E-state index in [1.165, 1.54) is 30.1 Å². The molecule has 3 aromatic rings. The van der Waals surface area contributed by atoms with Crippen molar-refractivity contribution in [2.75, 3.05) is 20.2 Å². The Hall–Kier alpha value is -3.61. The number of hydrogen-bond donors (Lipinski definition) is 0. The SMILES string of the molecule is COc1ccc(C(=O)N2CC[C@@H](C)[C@H](c3cc(C(F)F)nc4ncnn34)C2)cc1C#N. The average Bonchev–Trinajstić information content (AvgIpc) is 3.26. The number of methoxy groups -OCH3 is 1. The van der Waals surface area contributed by atoms with E-state index in [4.69, 9.17) is 4.74 Å². The van der Waals surface area contributed by atoms with Crippen molar-refractivity contribution in [3.8, 4) is 11.8 Å².